The number of hydrogen-bond acceptors (Lipinski definition) is 6. The van der Waals surface area contributed by atoms with E-state index in [2.05, 4.69) is 0 Å². The Kier molecular flexibility index (Phi) is 4.11. The van der Waals surface area contributed by atoms with E-state index in [9.17, 15) is 14.4 Å². The minimum absolute atomic E-state index is 0.0968. The topological polar surface area (TPSA) is 66.9 Å². The highest BCUT2D eigenvalue weighted by atomic mass is 16.5. The lowest BCUT2D eigenvalue weighted by molar-refractivity contribution is -0.148. The number of ether oxygens (including phenoxy) is 1. The smallest absolute Gasteiger partial charge is 0.309 e. The summed E-state index contributed by atoms with van der Waals surface area (Å²) >= 11 is 0. The van der Waals surface area contributed by atoms with Gasteiger partial charge in [-0.05, 0) is 19.8 Å². The molecule has 1 heterocycles. The van der Waals surface area contributed by atoms with Gasteiger partial charge in [-0.1, -0.05) is 0 Å². The van der Waals surface area contributed by atoms with Crippen molar-refractivity contribution >= 4 is 17.3 Å². The molecule has 0 spiro atoms. The molecule has 6 heteroatoms. The molecular formula is C14H20N2O4. The van der Waals surface area contributed by atoms with Crippen LogP contribution in [0, 0.1) is 5.92 Å². The Hall–Kier alpha value is -1.85. The zero-order valence-electron chi connectivity index (χ0n) is 12.1. The fourth-order valence-corrected chi connectivity index (χ4v) is 2.67. The van der Waals surface area contributed by atoms with Crippen molar-refractivity contribution in [3.63, 3.8) is 0 Å². The lowest BCUT2D eigenvalue weighted by Gasteiger charge is -2.35. The molecule has 1 aromatic carbocycles. The zero-order chi connectivity index (χ0) is 14.9. The minimum atomic E-state index is -0.419. The molecule has 1 fully saturated rings. The first-order chi connectivity index (χ1) is 9.47. The summed E-state index contributed by atoms with van der Waals surface area (Å²) in [6.45, 7) is 3.39. The molecule has 6 nitrogen and oxygen atoms in total. The molecule has 0 aliphatic carbocycles. The molecule has 0 bridgehead atoms. The molecule has 0 saturated carbocycles. The van der Waals surface area contributed by atoms with Gasteiger partial charge in [0.1, 0.15) is 11.4 Å². The van der Waals surface area contributed by atoms with Gasteiger partial charge < -0.3 is 14.5 Å². The molecule has 0 aromatic heterocycles. The van der Waals surface area contributed by atoms with Crippen LogP contribution in [0.4, 0.5) is 11.4 Å². The fourth-order valence-electron chi connectivity index (χ4n) is 2.67. The molecule has 0 amide bonds. The summed E-state index contributed by atoms with van der Waals surface area (Å²) in [5, 5.41) is 0. The van der Waals surface area contributed by atoms with Crippen LogP contribution in [-0.2, 0) is 9.53 Å². The van der Waals surface area contributed by atoms with E-state index in [-0.39, 0.29) is 11.9 Å². The monoisotopic (exact) mass is 280 g/mol. The third-order valence-corrected chi connectivity index (χ3v) is 3.74. The summed E-state index contributed by atoms with van der Waals surface area (Å²) in [7, 11) is 3.51. The number of piperidine rings is 1. The summed E-state index contributed by atoms with van der Waals surface area (Å²) in [5.41, 5.74) is 0.146. The van der Waals surface area contributed by atoms with Crippen LogP contribution in [0.3, 0.4) is 0 Å². The lowest BCUT2D eigenvalue weighted by atomic mass is 9.95. The zero-order valence-corrected chi connectivity index (χ0v) is 12.1. The maximum Gasteiger partial charge on any atom is 0.309 e. The molecule has 0 atom stereocenters. The number of esters is 1. The predicted octanol–water partition coefficient (Wildman–Crippen LogP) is 0.128. The number of anilines is 2. The van der Waals surface area contributed by atoms with E-state index in [1.165, 1.54) is 0 Å². The van der Waals surface area contributed by atoms with Crippen molar-refractivity contribution in [1.29, 1.82) is 0 Å². The highest BCUT2D eigenvalue weighted by molar-refractivity contribution is 5.77. The van der Waals surface area contributed by atoms with E-state index >= 15 is 0 Å². The van der Waals surface area contributed by atoms with Crippen molar-refractivity contribution in [3.05, 3.63) is 20.4 Å². The number of carbonyl (C=O) groups excluding carboxylic acids is 1. The van der Waals surface area contributed by atoms with Gasteiger partial charge >= 0.3 is 5.97 Å². The molecule has 1 saturated heterocycles. The van der Waals surface area contributed by atoms with Gasteiger partial charge in [0.25, 0.3) is 10.9 Å². The van der Waals surface area contributed by atoms with E-state index < -0.39 is 10.9 Å². The van der Waals surface area contributed by atoms with Crippen LogP contribution in [0.2, 0.25) is 0 Å². The number of nitrogens with zero attached hydrogens (tertiary/aromatic N) is 2. The fraction of sp³-hybridized carbons (Fsp3) is 0.643. The van der Waals surface area contributed by atoms with Gasteiger partial charge in [-0.2, -0.15) is 0 Å². The molecule has 110 valence electrons. The number of hydrogen-bond donors (Lipinski definition) is 0. The maximum atomic E-state index is 11.7. The molecule has 1 aromatic rings. The Morgan fingerprint density at radius 3 is 2.35 bits per heavy atom. The Labute approximate surface area is 117 Å². The van der Waals surface area contributed by atoms with E-state index in [1.54, 1.807) is 25.9 Å². The quantitative estimate of drug-likeness (QED) is 0.577. The minimum Gasteiger partial charge on any atom is -0.466 e. The van der Waals surface area contributed by atoms with Crippen molar-refractivity contribution in [2.45, 2.75) is 19.8 Å². The molecule has 0 radical (unpaired) electrons. The predicted molar refractivity (Wildman–Crippen MR) is 77.3 cm³/mol. The Morgan fingerprint density at radius 2 is 1.85 bits per heavy atom. The molecule has 0 N–H and O–H groups in total. The first-order valence-electron chi connectivity index (χ1n) is 6.89. The maximum absolute atomic E-state index is 11.7. The first kappa shape index (κ1) is 14.6. The average molecular weight is 280 g/mol. The summed E-state index contributed by atoms with van der Waals surface area (Å²) in [4.78, 5) is 38.5. The highest BCUT2D eigenvalue weighted by Gasteiger charge is 2.32. The van der Waals surface area contributed by atoms with Gasteiger partial charge in [0.2, 0.25) is 0 Å². The Morgan fingerprint density at radius 1 is 1.25 bits per heavy atom. The molecule has 2 rings (SSSR count). The molecule has 1 aliphatic rings. The van der Waals surface area contributed by atoms with Crippen LogP contribution in [0.1, 0.15) is 19.8 Å². The second-order valence-electron chi connectivity index (χ2n) is 5.26. The van der Waals surface area contributed by atoms with Crippen LogP contribution >= 0.6 is 0 Å². The summed E-state index contributed by atoms with van der Waals surface area (Å²) < 4.78 is 5.02. The van der Waals surface area contributed by atoms with E-state index in [4.69, 9.17) is 4.74 Å². The molecule has 1 aliphatic heterocycles. The standard InChI is InChI=1S/C14H20N2O4/c1-4-20-14(19)9-5-7-16(8-6-9)11-10(15(2)3)12(17)13(11)18/h9H,4-8H2,1-3H3. The van der Waals surface area contributed by atoms with Crippen LogP contribution < -0.4 is 20.7 Å². The molecule has 20 heavy (non-hydrogen) atoms. The van der Waals surface area contributed by atoms with Crippen molar-refractivity contribution in [1.82, 2.24) is 0 Å². The van der Waals surface area contributed by atoms with Gasteiger partial charge in [-0.3, -0.25) is 14.4 Å². The second-order valence-corrected chi connectivity index (χ2v) is 5.26. The normalized spacial score (nSPS) is 16.4. The van der Waals surface area contributed by atoms with Gasteiger partial charge in [0.15, 0.2) is 0 Å². The Balaban J connectivity index is 2.05. The third kappa shape index (κ3) is 2.42. The van der Waals surface area contributed by atoms with E-state index in [0.717, 1.165) is 0 Å². The molecular weight excluding hydrogens is 260 g/mol. The largest absolute Gasteiger partial charge is 0.466 e. The van der Waals surface area contributed by atoms with Crippen molar-refractivity contribution in [2.24, 2.45) is 5.92 Å². The van der Waals surface area contributed by atoms with Gasteiger partial charge in [0, 0.05) is 27.2 Å². The number of carbonyl (C=O) groups is 1. The second kappa shape index (κ2) is 5.64. The summed E-state index contributed by atoms with van der Waals surface area (Å²) in [5.74, 6) is -0.259. The average Bonchev–Trinajstić information content (AvgIpc) is 2.43. The van der Waals surface area contributed by atoms with Crippen LogP contribution in [0.15, 0.2) is 9.59 Å². The summed E-state index contributed by atoms with van der Waals surface area (Å²) in [6, 6.07) is 0. The van der Waals surface area contributed by atoms with Crippen molar-refractivity contribution < 1.29 is 9.53 Å². The van der Waals surface area contributed by atoms with E-state index in [0.29, 0.717) is 43.9 Å². The van der Waals surface area contributed by atoms with Crippen LogP contribution in [-0.4, -0.2) is 39.8 Å². The van der Waals surface area contributed by atoms with E-state index in [1.807, 2.05) is 4.90 Å². The van der Waals surface area contributed by atoms with Crippen LogP contribution in [0.25, 0.3) is 0 Å². The van der Waals surface area contributed by atoms with Gasteiger partial charge in [-0.25, -0.2) is 0 Å². The Bertz CT molecular complexity index is 564. The van der Waals surface area contributed by atoms with Gasteiger partial charge in [0.05, 0.1) is 12.5 Å². The van der Waals surface area contributed by atoms with Crippen molar-refractivity contribution in [3.8, 4) is 0 Å². The molecule has 0 unspecified atom stereocenters. The van der Waals surface area contributed by atoms with Crippen LogP contribution in [0.5, 0.6) is 0 Å². The lowest BCUT2D eigenvalue weighted by Crippen LogP contribution is -2.47. The van der Waals surface area contributed by atoms with Gasteiger partial charge in [-0.15, -0.1) is 0 Å². The SMILES string of the molecule is CCOC(=O)C1CCN(c2c(N(C)C)c(=O)c2=O)CC1. The highest BCUT2D eigenvalue weighted by Crippen LogP contribution is 2.28. The first-order valence-corrected chi connectivity index (χ1v) is 6.89. The van der Waals surface area contributed by atoms with Crippen molar-refractivity contribution in [2.75, 3.05) is 43.6 Å². The number of rotatable bonds is 4. The summed E-state index contributed by atoms with van der Waals surface area (Å²) in [6.07, 6.45) is 1.31. The third-order valence-electron chi connectivity index (χ3n) is 3.74.